The number of benzene rings is 2. The quantitative estimate of drug-likeness (QED) is 0.484. The molecule has 138 valence electrons. The Morgan fingerprint density at radius 3 is 2.52 bits per heavy atom. The van der Waals surface area contributed by atoms with Crippen molar-refractivity contribution in [1.82, 2.24) is 19.4 Å². The van der Waals surface area contributed by atoms with Crippen molar-refractivity contribution in [3.05, 3.63) is 72.4 Å². The van der Waals surface area contributed by atoms with Crippen molar-refractivity contribution in [1.29, 1.82) is 0 Å². The lowest BCUT2D eigenvalue weighted by molar-refractivity contribution is 0.270. The third kappa shape index (κ3) is 3.78. The molecule has 0 aliphatic rings. The van der Waals surface area contributed by atoms with Gasteiger partial charge in [-0.2, -0.15) is 0 Å². The lowest BCUT2D eigenvalue weighted by Gasteiger charge is -2.15. The van der Waals surface area contributed by atoms with Crippen molar-refractivity contribution >= 4 is 11.0 Å². The highest BCUT2D eigenvalue weighted by molar-refractivity contribution is 5.75. The average molecular weight is 360 g/mol. The van der Waals surface area contributed by atoms with E-state index in [1.807, 2.05) is 30.7 Å². The van der Waals surface area contributed by atoms with Crippen molar-refractivity contribution < 1.29 is 4.42 Å². The first-order chi connectivity index (χ1) is 13.3. The maximum atomic E-state index is 5.94. The van der Waals surface area contributed by atoms with Gasteiger partial charge in [-0.25, -0.2) is 9.97 Å². The standard InChI is InChI=1S/C22H24N4O/c1-3-25(4-2)15-19-13-23-22(27-19)18-11-9-17(10-12-18)14-26-16-24-20-7-5-6-8-21(20)26/h5-13,16H,3-4,14-15H2,1-2H3. The number of para-hydroxylation sites is 2. The van der Waals surface area contributed by atoms with E-state index >= 15 is 0 Å². The smallest absolute Gasteiger partial charge is 0.226 e. The van der Waals surface area contributed by atoms with Gasteiger partial charge in [0.25, 0.3) is 0 Å². The normalized spacial score (nSPS) is 11.5. The van der Waals surface area contributed by atoms with E-state index in [2.05, 4.69) is 63.6 Å². The summed E-state index contributed by atoms with van der Waals surface area (Å²) in [6.45, 7) is 7.91. The molecular formula is C22H24N4O. The molecule has 2 heterocycles. The van der Waals surface area contributed by atoms with Crippen molar-refractivity contribution in [2.45, 2.75) is 26.9 Å². The zero-order chi connectivity index (χ0) is 18.6. The molecule has 0 fully saturated rings. The van der Waals surface area contributed by atoms with E-state index in [9.17, 15) is 0 Å². The van der Waals surface area contributed by atoms with Gasteiger partial charge < -0.3 is 8.98 Å². The Balaban J connectivity index is 1.48. The molecule has 5 nitrogen and oxygen atoms in total. The Kier molecular flexibility index (Phi) is 5.03. The van der Waals surface area contributed by atoms with Crippen LogP contribution in [0.3, 0.4) is 0 Å². The summed E-state index contributed by atoms with van der Waals surface area (Å²) in [5.41, 5.74) is 4.39. The molecule has 4 aromatic rings. The number of nitrogens with zero attached hydrogens (tertiary/aromatic N) is 4. The van der Waals surface area contributed by atoms with E-state index < -0.39 is 0 Å². The van der Waals surface area contributed by atoms with Crippen LogP contribution in [-0.4, -0.2) is 32.5 Å². The van der Waals surface area contributed by atoms with Crippen LogP contribution in [0.15, 0.2) is 65.5 Å². The Morgan fingerprint density at radius 1 is 0.963 bits per heavy atom. The summed E-state index contributed by atoms with van der Waals surface area (Å²) >= 11 is 0. The lowest BCUT2D eigenvalue weighted by atomic mass is 10.1. The van der Waals surface area contributed by atoms with Crippen molar-refractivity contribution in [2.75, 3.05) is 13.1 Å². The molecule has 0 saturated heterocycles. The van der Waals surface area contributed by atoms with Crippen LogP contribution in [0.1, 0.15) is 25.2 Å². The minimum absolute atomic E-state index is 0.678. The summed E-state index contributed by atoms with van der Waals surface area (Å²) in [5, 5.41) is 0. The predicted molar refractivity (Wildman–Crippen MR) is 107 cm³/mol. The zero-order valence-electron chi connectivity index (χ0n) is 15.8. The van der Waals surface area contributed by atoms with Gasteiger partial charge in [-0.1, -0.05) is 38.1 Å². The Bertz CT molecular complexity index is 1010. The summed E-state index contributed by atoms with van der Waals surface area (Å²) in [6, 6.07) is 16.6. The van der Waals surface area contributed by atoms with Crippen LogP contribution >= 0.6 is 0 Å². The number of imidazole rings is 1. The maximum Gasteiger partial charge on any atom is 0.226 e. The molecule has 4 rings (SSSR count). The number of aromatic nitrogens is 3. The second-order valence-corrected chi connectivity index (χ2v) is 6.65. The first kappa shape index (κ1) is 17.5. The zero-order valence-corrected chi connectivity index (χ0v) is 15.8. The molecule has 0 unspecified atom stereocenters. The topological polar surface area (TPSA) is 47.1 Å². The largest absolute Gasteiger partial charge is 0.440 e. The minimum atomic E-state index is 0.678. The molecule has 0 aliphatic carbocycles. The van der Waals surface area contributed by atoms with E-state index in [1.165, 1.54) is 5.56 Å². The SMILES string of the molecule is CCN(CC)Cc1cnc(-c2ccc(Cn3cnc4ccccc43)cc2)o1. The van der Waals surface area contributed by atoms with Gasteiger partial charge in [-0.3, -0.25) is 4.90 Å². The van der Waals surface area contributed by atoms with Gasteiger partial charge in [0, 0.05) is 12.1 Å². The van der Waals surface area contributed by atoms with Crippen LogP contribution < -0.4 is 0 Å². The van der Waals surface area contributed by atoms with Crippen LogP contribution in [-0.2, 0) is 13.1 Å². The molecular weight excluding hydrogens is 336 g/mol. The van der Waals surface area contributed by atoms with Crippen LogP contribution in [0.4, 0.5) is 0 Å². The highest BCUT2D eigenvalue weighted by Gasteiger charge is 2.10. The molecule has 0 amide bonds. The van der Waals surface area contributed by atoms with Gasteiger partial charge in [-0.15, -0.1) is 0 Å². The molecule has 27 heavy (non-hydrogen) atoms. The van der Waals surface area contributed by atoms with Crippen molar-refractivity contribution in [3.63, 3.8) is 0 Å². The van der Waals surface area contributed by atoms with E-state index in [1.54, 1.807) is 0 Å². The van der Waals surface area contributed by atoms with E-state index in [4.69, 9.17) is 4.42 Å². The molecule has 0 atom stereocenters. The fourth-order valence-electron chi connectivity index (χ4n) is 3.27. The molecule has 5 heteroatoms. The van der Waals surface area contributed by atoms with Crippen LogP contribution in [0.2, 0.25) is 0 Å². The van der Waals surface area contributed by atoms with Crippen molar-refractivity contribution in [2.24, 2.45) is 0 Å². The number of hydrogen-bond donors (Lipinski definition) is 0. The molecule has 0 saturated carbocycles. The first-order valence-corrected chi connectivity index (χ1v) is 9.43. The van der Waals surface area contributed by atoms with Crippen LogP contribution in [0.25, 0.3) is 22.5 Å². The predicted octanol–water partition coefficient (Wildman–Crippen LogP) is 4.58. The third-order valence-electron chi connectivity index (χ3n) is 4.91. The fraction of sp³-hybridized carbons (Fsp3) is 0.273. The third-order valence-corrected chi connectivity index (χ3v) is 4.91. The van der Waals surface area contributed by atoms with Gasteiger partial charge >= 0.3 is 0 Å². The van der Waals surface area contributed by atoms with Gasteiger partial charge in [-0.05, 0) is 42.9 Å². The number of fused-ring (bicyclic) bond motifs is 1. The highest BCUT2D eigenvalue weighted by Crippen LogP contribution is 2.21. The highest BCUT2D eigenvalue weighted by atomic mass is 16.4. The fourth-order valence-corrected chi connectivity index (χ4v) is 3.27. The summed E-state index contributed by atoms with van der Waals surface area (Å²) in [5.74, 6) is 1.58. The Labute approximate surface area is 159 Å². The molecule has 0 radical (unpaired) electrons. The first-order valence-electron chi connectivity index (χ1n) is 9.43. The van der Waals surface area contributed by atoms with Gasteiger partial charge in [0.05, 0.1) is 30.1 Å². The van der Waals surface area contributed by atoms with E-state index in [0.29, 0.717) is 5.89 Å². The minimum Gasteiger partial charge on any atom is -0.440 e. The Morgan fingerprint density at radius 2 is 1.74 bits per heavy atom. The molecule has 0 aliphatic heterocycles. The molecule has 0 spiro atoms. The molecule has 0 bridgehead atoms. The summed E-state index contributed by atoms with van der Waals surface area (Å²) in [6.07, 6.45) is 3.73. The summed E-state index contributed by atoms with van der Waals surface area (Å²) in [7, 11) is 0. The van der Waals surface area contributed by atoms with Gasteiger partial charge in [0.2, 0.25) is 5.89 Å². The average Bonchev–Trinajstić information content (AvgIpc) is 3.34. The molecule has 0 N–H and O–H groups in total. The van der Waals surface area contributed by atoms with Crippen LogP contribution in [0.5, 0.6) is 0 Å². The molecule has 2 aromatic heterocycles. The second kappa shape index (κ2) is 7.76. The number of hydrogen-bond acceptors (Lipinski definition) is 4. The van der Waals surface area contributed by atoms with E-state index in [-0.39, 0.29) is 0 Å². The van der Waals surface area contributed by atoms with Gasteiger partial charge in [0.1, 0.15) is 5.76 Å². The van der Waals surface area contributed by atoms with Crippen molar-refractivity contribution in [3.8, 4) is 11.5 Å². The number of oxazole rings is 1. The lowest BCUT2D eigenvalue weighted by Crippen LogP contribution is -2.21. The maximum absolute atomic E-state index is 5.94. The molecule has 2 aromatic carbocycles. The number of rotatable bonds is 7. The second-order valence-electron chi connectivity index (χ2n) is 6.65. The van der Waals surface area contributed by atoms with Gasteiger partial charge in [0.15, 0.2) is 0 Å². The Hall–Kier alpha value is -2.92. The summed E-state index contributed by atoms with van der Waals surface area (Å²) in [4.78, 5) is 11.2. The van der Waals surface area contributed by atoms with E-state index in [0.717, 1.165) is 48.5 Å². The summed E-state index contributed by atoms with van der Waals surface area (Å²) < 4.78 is 8.10. The monoisotopic (exact) mass is 360 g/mol. The van der Waals surface area contributed by atoms with Crippen LogP contribution in [0, 0.1) is 0 Å².